The van der Waals surface area contributed by atoms with Crippen LogP contribution in [0.2, 0.25) is 0 Å². The molecule has 0 radical (unpaired) electrons. The van der Waals surface area contributed by atoms with Crippen LogP contribution in [-0.4, -0.2) is 29.9 Å². The first-order valence-corrected chi connectivity index (χ1v) is 5.75. The van der Waals surface area contributed by atoms with E-state index in [1.165, 1.54) is 0 Å². The Balaban J connectivity index is 2.06. The molecule has 1 amide bonds. The van der Waals surface area contributed by atoms with E-state index in [0.29, 0.717) is 11.1 Å². The van der Waals surface area contributed by atoms with Crippen LogP contribution in [0, 0.1) is 11.3 Å². The van der Waals surface area contributed by atoms with Crippen LogP contribution in [0.5, 0.6) is 0 Å². The first-order valence-electron chi connectivity index (χ1n) is 5.75. The highest BCUT2D eigenvalue weighted by Crippen LogP contribution is 2.13. The van der Waals surface area contributed by atoms with Crippen molar-refractivity contribution in [1.29, 1.82) is 5.26 Å². The van der Waals surface area contributed by atoms with Gasteiger partial charge >= 0.3 is 0 Å². The van der Waals surface area contributed by atoms with Crippen molar-refractivity contribution in [3.8, 4) is 6.07 Å². The number of hydrogen-bond donors (Lipinski definition) is 1. The summed E-state index contributed by atoms with van der Waals surface area (Å²) in [6.07, 6.45) is 1.73. The van der Waals surface area contributed by atoms with E-state index < -0.39 is 0 Å². The van der Waals surface area contributed by atoms with Crippen LogP contribution >= 0.6 is 0 Å². The number of nitrogens with zero attached hydrogens (tertiary/aromatic N) is 2. The zero-order chi connectivity index (χ0) is 12.3. The smallest absolute Gasteiger partial charge is 0.253 e. The second-order valence-corrected chi connectivity index (χ2v) is 4.32. The highest BCUT2D eigenvalue weighted by atomic mass is 16.2. The van der Waals surface area contributed by atoms with Gasteiger partial charge in [0.15, 0.2) is 0 Å². The van der Waals surface area contributed by atoms with Gasteiger partial charge in [0.25, 0.3) is 5.91 Å². The molecule has 0 atom stereocenters. The number of rotatable bonds is 1. The predicted octanol–water partition coefficient (Wildman–Crippen LogP) is 1.12. The Morgan fingerprint density at radius 1 is 1.29 bits per heavy atom. The molecule has 1 heterocycles. The molecule has 1 aliphatic heterocycles. The van der Waals surface area contributed by atoms with E-state index >= 15 is 0 Å². The lowest BCUT2D eigenvalue weighted by molar-refractivity contribution is 0.0715. The van der Waals surface area contributed by atoms with Crippen molar-refractivity contribution in [3.63, 3.8) is 0 Å². The van der Waals surface area contributed by atoms with Crippen LogP contribution in [-0.2, 0) is 0 Å². The molecule has 4 nitrogen and oxygen atoms in total. The van der Waals surface area contributed by atoms with Crippen LogP contribution in [0.1, 0.15) is 28.8 Å². The summed E-state index contributed by atoms with van der Waals surface area (Å²) in [4.78, 5) is 13.9. The fourth-order valence-corrected chi connectivity index (χ4v) is 1.97. The Labute approximate surface area is 101 Å². The number of nitriles is 1. The minimum Gasteiger partial charge on any atom is -0.339 e. The number of carbonyl (C=O) groups excluding carboxylic acids is 1. The summed E-state index contributed by atoms with van der Waals surface area (Å²) in [5, 5.41) is 8.69. The fraction of sp³-hybridized carbons (Fsp3) is 0.385. The average Bonchev–Trinajstić information content (AvgIpc) is 2.39. The maximum absolute atomic E-state index is 12.1. The molecule has 0 spiro atoms. The Hall–Kier alpha value is -1.86. The van der Waals surface area contributed by atoms with Gasteiger partial charge in [-0.15, -0.1) is 0 Å². The van der Waals surface area contributed by atoms with Crippen LogP contribution in [0.25, 0.3) is 0 Å². The molecular formula is C13H15N3O. The first kappa shape index (κ1) is 11.6. The van der Waals surface area contributed by atoms with Crippen LogP contribution < -0.4 is 5.73 Å². The second-order valence-electron chi connectivity index (χ2n) is 4.32. The van der Waals surface area contributed by atoms with Crippen molar-refractivity contribution in [2.45, 2.75) is 18.9 Å². The molecule has 2 rings (SSSR count). The SMILES string of the molecule is N#Cc1ccc(C(=O)N2CCC(N)CC2)cc1. The molecule has 1 aliphatic rings. The standard InChI is InChI=1S/C13H15N3O/c14-9-10-1-3-11(4-2-10)13(17)16-7-5-12(15)6-8-16/h1-4,12H,5-8,15H2. The molecule has 0 aromatic heterocycles. The summed E-state index contributed by atoms with van der Waals surface area (Å²) >= 11 is 0. The summed E-state index contributed by atoms with van der Waals surface area (Å²) < 4.78 is 0. The lowest BCUT2D eigenvalue weighted by Gasteiger charge is -2.30. The largest absolute Gasteiger partial charge is 0.339 e. The topological polar surface area (TPSA) is 70.1 Å². The number of benzene rings is 1. The third-order valence-corrected chi connectivity index (χ3v) is 3.09. The molecule has 0 aliphatic carbocycles. The van der Waals surface area contributed by atoms with Crippen molar-refractivity contribution < 1.29 is 4.79 Å². The molecule has 1 saturated heterocycles. The monoisotopic (exact) mass is 229 g/mol. The lowest BCUT2D eigenvalue weighted by Crippen LogP contribution is -2.42. The van der Waals surface area contributed by atoms with Crippen LogP contribution in [0.15, 0.2) is 24.3 Å². The minimum atomic E-state index is 0.0291. The molecule has 0 saturated carbocycles. The number of hydrogen-bond acceptors (Lipinski definition) is 3. The minimum absolute atomic E-state index is 0.0291. The number of nitrogens with two attached hydrogens (primary N) is 1. The van der Waals surface area contributed by atoms with Gasteiger partial charge in [0.2, 0.25) is 0 Å². The Morgan fingerprint density at radius 3 is 2.41 bits per heavy atom. The molecule has 1 fully saturated rings. The van der Waals surface area contributed by atoms with Gasteiger partial charge in [0.05, 0.1) is 11.6 Å². The summed E-state index contributed by atoms with van der Waals surface area (Å²) in [7, 11) is 0. The zero-order valence-corrected chi connectivity index (χ0v) is 9.60. The van der Waals surface area contributed by atoms with Gasteiger partial charge in [-0.25, -0.2) is 0 Å². The van der Waals surface area contributed by atoms with E-state index in [-0.39, 0.29) is 11.9 Å². The third kappa shape index (κ3) is 2.63. The summed E-state index contributed by atoms with van der Waals surface area (Å²) in [6, 6.07) is 9.01. The van der Waals surface area contributed by atoms with Crippen molar-refractivity contribution >= 4 is 5.91 Å². The number of amides is 1. The molecule has 0 bridgehead atoms. The third-order valence-electron chi connectivity index (χ3n) is 3.09. The van der Waals surface area contributed by atoms with Crippen molar-refractivity contribution in [2.75, 3.05) is 13.1 Å². The molecule has 1 aromatic carbocycles. The quantitative estimate of drug-likeness (QED) is 0.784. The predicted molar refractivity (Wildman–Crippen MR) is 64.3 cm³/mol. The van der Waals surface area contributed by atoms with Gasteiger partial charge in [-0.3, -0.25) is 4.79 Å². The van der Waals surface area contributed by atoms with Gasteiger partial charge in [-0.05, 0) is 37.1 Å². The molecule has 0 unspecified atom stereocenters. The number of carbonyl (C=O) groups is 1. The van der Waals surface area contributed by atoms with Gasteiger partial charge in [-0.2, -0.15) is 5.26 Å². The molecule has 1 aromatic rings. The van der Waals surface area contributed by atoms with Gasteiger partial charge < -0.3 is 10.6 Å². The van der Waals surface area contributed by atoms with Crippen molar-refractivity contribution in [1.82, 2.24) is 4.90 Å². The summed E-state index contributed by atoms with van der Waals surface area (Å²) in [6.45, 7) is 1.44. The van der Waals surface area contributed by atoms with E-state index in [4.69, 9.17) is 11.0 Å². The lowest BCUT2D eigenvalue weighted by atomic mass is 10.0. The number of likely N-dealkylation sites (tertiary alicyclic amines) is 1. The Kier molecular flexibility index (Phi) is 3.40. The Bertz CT molecular complexity index is 439. The van der Waals surface area contributed by atoms with Crippen molar-refractivity contribution in [2.24, 2.45) is 5.73 Å². The molecule has 2 N–H and O–H groups in total. The molecule has 88 valence electrons. The average molecular weight is 229 g/mol. The van der Waals surface area contributed by atoms with E-state index in [0.717, 1.165) is 25.9 Å². The van der Waals surface area contributed by atoms with Crippen LogP contribution in [0.4, 0.5) is 0 Å². The highest BCUT2D eigenvalue weighted by molar-refractivity contribution is 5.94. The molecule has 17 heavy (non-hydrogen) atoms. The van der Waals surface area contributed by atoms with E-state index in [2.05, 4.69) is 0 Å². The maximum atomic E-state index is 12.1. The van der Waals surface area contributed by atoms with E-state index in [9.17, 15) is 4.79 Å². The maximum Gasteiger partial charge on any atom is 0.253 e. The molecular weight excluding hydrogens is 214 g/mol. The normalized spacial score (nSPS) is 16.6. The van der Waals surface area contributed by atoms with E-state index in [1.807, 2.05) is 11.0 Å². The highest BCUT2D eigenvalue weighted by Gasteiger charge is 2.21. The summed E-state index contributed by atoms with van der Waals surface area (Å²) in [5.41, 5.74) is 7.01. The van der Waals surface area contributed by atoms with Crippen LogP contribution in [0.3, 0.4) is 0 Å². The fourth-order valence-electron chi connectivity index (χ4n) is 1.97. The molecule has 4 heteroatoms. The van der Waals surface area contributed by atoms with Gasteiger partial charge in [-0.1, -0.05) is 0 Å². The van der Waals surface area contributed by atoms with Gasteiger partial charge in [0.1, 0.15) is 0 Å². The van der Waals surface area contributed by atoms with Crippen molar-refractivity contribution in [3.05, 3.63) is 35.4 Å². The van der Waals surface area contributed by atoms with E-state index in [1.54, 1.807) is 24.3 Å². The Morgan fingerprint density at radius 2 is 1.88 bits per heavy atom. The first-order chi connectivity index (χ1) is 8.20. The summed E-state index contributed by atoms with van der Waals surface area (Å²) in [5.74, 6) is 0.0291. The van der Waals surface area contributed by atoms with Gasteiger partial charge in [0, 0.05) is 24.7 Å². The number of piperidine rings is 1. The second kappa shape index (κ2) is 4.98. The zero-order valence-electron chi connectivity index (χ0n) is 9.60.